The summed E-state index contributed by atoms with van der Waals surface area (Å²) in [5.74, 6) is -2.06. The van der Waals surface area contributed by atoms with Gasteiger partial charge >= 0.3 is 12.0 Å². The zero-order valence-corrected chi connectivity index (χ0v) is 11.9. The van der Waals surface area contributed by atoms with Crippen LogP contribution < -0.4 is 21.7 Å². The van der Waals surface area contributed by atoms with Crippen molar-refractivity contribution in [1.29, 1.82) is 0 Å². The van der Waals surface area contributed by atoms with E-state index in [1.807, 2.05) is 0 Å². The normalized spacial score (nSPS) is 17.0. The summed E-state index contributed by atoms with van der Waals surface area (Å²) in [5, 5.41) is 16.9. The third kappa shape index (κ3) is 7.47. The molecule has 6 N–H and O–H groups in total. The monoisotopic (exact) mass is 301 g/mol. The fraction of sp³-hybridized carbons (Fsp3) is 0.750. The molecule has 0 saturated carbocycles. The van der Waals surface area contributed by atoms with E-state index in [0.717, 1.165) is 39.1 Å². The molecule has 21 heavy (non-hydrogen) atoms. The van der Waals surface area contributed by atoms with Gasteiger partial charge in [0.05, 0.1) is 6.42 Å². The highest BCUT2D eigenvalue weighted by atomic mass is 16.4. The largest absolute Gasteiger partial charge is 0.480 e. The number of hydrogen-bond acceptors (Lipinski definition) is 5. The van der Waals surface area contributed by atoms with Crippen LogP contribution in [0.15, 0.2) is 0 Å². The Morgan fingerprint density at radius 1 is 1.29 bits per heavy atom. The number of hydrogen-bond donors (Lipinski definition) is 5. The minimum absolute atomic E-state index is 0.427. The molecule has 9 nitrogen and oxygen atoms in total. The maximum atomic E-state index is 11.5. The van der Waals surface area contributed by atoms with Crippen LogP contribution in [0.1, 0.15) is 12.8 Å². The van der Waals surface area contributed by atoms with Gasteiger partial charge in [-0.25, -0.2) is 9.59 Å². The van der Waals surface area contributed by atoms with E-state index >= 15 is 0 Å². The molecular weight excluding hydrogens is 278 g/mol. The van der Waals surface area contributed by atoms with E-state index in [4.69, 9.17) is 10.8 Å². The second-order valence-electron chi connectivity index (χ2n) is 4.91. The van der Waals surface area contributed by atoms with E-state index in [2.05, 4.69) is 20.9 Å². The number of piperazine rings is 1. The van der Waals surface area contributed by atoms with Gasteiger partial charge in [-0.05, 0) is 13.0 Å². The van der Waals surface area contributed by atoms with Gasteiger partial charge in [-0.1, -0.05) is 0 Å². The van der Waals surface area contributed by atoms with Crippen molar-refractivity contribution in [3.63, 3.8) is 0 Å². The maximum absolute atomic E-state index is 11.5. The van der Waals surface area contributed by atoms with Crippen molar-refractivity contribution < 1.29 is 19.5 Å². The van der Waals surface area contributed by atoms with Crippen LogP contribution in [0.2, 0.25) is 0 Å². The number of nitrogens with one attached hydrogen (secondary N) is 3. The second-order valence-corrected chi connectivity index (χ2v) is 4.91. The molecule has 9 heteroatoms. The fourth-order valence-electron chi connectivity index (χ4n) is 2.05. The third-order valence-electron chi connectivity index (χ3n) is 3.16. The number of nitrogens with two attached hydrogens (primary N) is 1. The highest BCUT2D eigenvalue weighted by Crippen LogP contribution is 1.94. The first kappa shape index (κ1) is 17.2. The van der Waals surface area contributed by atoms with Crippen LogP contribution in [-0.2, 0) is 9.59 Å². The highest BCUT2D eigenvalue weighted by molar-refractivity contribution is 5.87. The number of carboxylic acids is 1. The molecule has 0 spiro atoms. The Hall–Kier alpha value is -1.87. The average molecular weight is 301 g/mol. The van der Waals surface area contributed by atoms with Crippen molar-refractivity contribution in [3.05, 3.63) is 0 Å². The molecule has 120 valence electrons. The van der Waals surface area contributed by atoms with E-state index in [0.29, 0.717) is 6.54 Å². The molecule has 1 saturated heterocycles. The van der Waals surface area contributed by atoms with E-state index in [1.54, 1.807) is 0 Å². The highest BCUT2D eigenvalue weighted by Gasteiger charge is 2.21. The number of primary amides is 1. The molecule has 1 rings (SSSR count). The lowest BCUT2D eigenvalue weighted by Crippen LogP contribution is -2.48. The topological polar surface area (TPSA) is 137 Å². The van der Waals surface area contributed by atoms with Crippen LogP contribution in [0.4, 0.5) is 4.79 Å². The molecule has 0 aliphatic carbocycles. The zero-order chi connectivity index (χ0) is 15.7. The predicted molar refractivity (Wildman–Crippen MR) is 75.7 cm³/mol. The Morgan fingerprint density at radius 3 is 2.52 bits per heavy atom. The van der Waals surface area contributed by atoms with Crippen LogP contribution in [0.3, 0.4) is 0 Å². The number of urea groups is 1. The Labute approximate surface area is 123 Å². The summed E-state index contributed by atoms with van der Waals surface area (Å²) in [7, 11) is 0. The second kappa shape index (κ2) is 9.14. The minimum atomic E-state index is -1.30. The van der Waals surface area contributed by atoms with Gasteiger partial charge in [-0.15, -0.1) is 0 Å². The zero-order valence-electron chi connectivity index (χ0n) is 11.9. The van der Waals surface area contributed by atoms with Crippen LogP contribution in [-0.4, -0.2) is 73.2 Å². The van der Waals surface area contributed by atoms with Crippen molar-refractivity contribution in [3.8, 4) is 0 Å². The van der Waals surface area contributed by atoms with Crippen molar-refractivity contribution >= 4 is 17.9 Å². The van der Waals surface area contributed by atoms with Gasteiger partial charge in [-0.2, -0.15) is 0 Å². The average Bonchev–Trinajstić information content (AvgIpc) is 2.43. The number of rotatable bonds is 8. The smallest absolute Gasteiger partial charge is 0.326 e. The van der Waals surface area contributed by atoms with E-state index in [1.165, 1.54) is 0 Å². The lowest BCUT2D eigenvalue weighted by atomic mass is 10.2. The van der Waals surface area contributed by atoms with Crippen molar-refractivity contribution in [1.82, 2.24) is 20.9 Å². The first-order valence-electron chi connectivity index (χ1n) is 6.97. The quantitative estimate of drug-likeness (QED) is 0.326. The summed E-state index contributed by atoms with van der Waals surface area (Å²) >= 11 is 0. The van der Waals surface area contributed by atoms with Gasteiger partial charge in [0.2, 0.25) is 5.91 Å². The molecule has 1 atom stereocenters. The van der Waals surface area contributed by atoms with Crippen LogP contribution in [0.5, 0.6) is 0 Å². The molecule has 1 fully saturated rings. The van der Waals surface area contributed by atoms with E-state index in [-0.39, 0.29) is 0 Å². The van der Waals surface area contributed by atoms with Gasteiger partial charge in [-0.3, -0.25) is 4.79 Å². The standard InChI is InChI=1S/C12H23N5O4/c13-10(18)8-9(11(19)20)16-12(21)15-2-1-5-17-6-3-14-4-7-17/h9,14H,1-8H2,(H2,13,18)(H,19,20)(H2,15,16,21)/t9-/m0/s1. The molecule has 1 heterocycles. The Balaban J connectivity index is 2.16. The number of carbonyl (C=O) groups excluding carboxylic acids is 2. The molecule has 0 unspecified atom stereocenters. The minimum Gasteiger partial charge on any atom is -0.480 e. The van der Waals surface area contributed by atoms with E-state index in [9.17, 15) is 14.4 Å². The molecule has 0 aromatic rings. The molecular formula is C12H23N5O4. The molecule has 1 aliphatic rings. The van der Waals surface area contributed by atoms with Gasteiger partial charge in [0.1, 0.15) is 6.04 Å². The van der Waals surface area contributed by atoms with E-state index < -0.39 is 30.4 Å². The molecule has 3 amide bonds. The molecule has 0 radical (unpaired) electrons. The summed E-state index contributed by atoms with van der Waals surface area (Å²) in [5.41, 5.74) is 4.93. The lowest BCUT2D eigenvalue weighted by Gasteiger charge is -2.27. The number of amides is 3. The Bertz CT molecular complexity index is 371. The molecule has 0 aromatic carbocycles. The van der Waals surface area contributed by atoms with Gasteiger partial charge in [0, 0.05) is 32.7 Å². The van der Waals surface area contributed by atoms with Crippen molar-refractivity contribution in [2.45, 2.75) is 18.9 Å². The molecule has 0 aromatic heterocycles. The first-order chi connectivity index (χ1) is 9.99. The Kier molecular flexibility index (Phi) is 7.48. The Morgan fingerprint density at radius 2 is 1.95 bits per heavy atom. The summed E-state index contributed by atoms with van der Waals surface area (Å²) in [4.78, 5) is 35.4. The molecule has 0 bridgehead atoms. The summed E-state index contributed by atoms with van der Waals surface area (Å²) < 4.78 is 0. The van der Waals surface area contributed by atoms with Crippen molar-refractivity contribution in [2.75, 3.05) is 39.3 Å². The van der Waals surface area contributed by atoms with Gasteiger partial charge < -0.3 is 31.7 Å². The summed E-state index contributed by atoms with van der Waals surface area (Å²) in [6, 6.07) is -1.90. The predicted octanol–water partition coefficient (Wildman–Crippen LogP) is -2.09. The lowest BCUT2D eigenvalue weighted by molar-refractivity contribution is -0.140. The SMILES string of the molecule is NC(=O)C[C@H](NC(=O)NCCCN1CCNCC1)C(=O)O. The summed E-state index contributed by atoms with van der Waals surface area (Å²) in [6.07, 6.45) is 0.352. The van der Waals surface area contributed by atoms with Crippen LogP contribution in [0, 0.1) is 0 Å². The number of carboxylic acid groups (broad SMARTS) is 1. The number of nitrogens with zero attached hydrogens (tertiary/aromatic N) is 1. The van der Waals surface area contributed by atoms with Crippen molar-refractivity contribution in [2.24, 2.45) is 5.73 Å². The van der Waals surface area contributed by atoms with Crippen LogP contribution >= 0.6 is 0 Å². The van der Waals surface area contributed by atoms with Gasteiger partial charge in [0.15, 0.2) is 0 Å². The van der Waals surface area contributed by atoms with Gasteiger partial charge in [0.25, 0.3) is 0 Å². The number of carbonyl (C=O) groups is 3. The number of aliphatic carboxylic acids is 1. The first-order valence-corrected chi connectivity index (χ1v) is 6.97. The fourth-order valence-corrected chi connectivity index (χ4v) is 2.05. The molecule has 1 aliphatic heterocycles. The summed E-state index contributed by atoms with van der Waals surface area (Å²) in [6.45, 7) is 5.25. The third-order valence-corrected chi connectivity index (χ3v) is 3.16. The maximum Gasteiger partial charge on any atom is 0.326 e. The van der Waals surface area contributed by atoms with Crippen LogP contribution in [0.25, 0.3) is 0 Å².